The van der Waals surface area contributed by atoms with E-state index >= 15 is 4.39 Å². The number of halogens is 4. The molecule has 0 spiro atoms. The predicted molar refractivity (Wildman–Crippen MR) is 150 cm³/mol. The van der Waals surface area contributed by atoms with Crippen LogP contribution in [-0.2, 0) is 6.18 Å². The lowest BCUT2D eigenvalue weighted by Gasteiger charge is -2.13. The number of benzene rings is 3. The van der Waals surface area contributed by atoms with E-state index in [1.807, 2.05) is 18.2 Å². The highest BCUT2D eigenvalue weighted by Gasteiger charge is 2.41. The molecule has 5 rings (SSSR count). The first-order chi connectivity index (χ1) is 21.6. The zero-order valence-corrected chi connectivity index (χ0v) is 22.3. The van der Waals surface area contributed by atoms with Crippen LogP contribution in [0.4, 0.5) is 17.6 Å². The lowest BCUT2D eigenvalue weighted by Crippen LogP contribution is -2.04. The van der Waals surface area contributed by atoms with Gasteiger partial charge in [-0.3, -0.25) is 0 Å². The third-order valence-electron chi connectivity index (χ3n) is 7.28. The van der Waals surface area contributed by atoms with E-state index in [-0.39, 0.29) is 61.2 Å². The molecule has 208 valence electrons. The van der Waals surface area contributed by atoms with Gasteiger partial charge in [0.15, 0.2) is 0 Å². The molecular formula is C34H9F4N7. The number of nitrogens with zero attached hydrogens (tertiary/aromatic N) is 7. The molecule has 0 heterocycles. The van der Waals surface area contributed by atoms with Gasteiger partial charge in [0.25, 0.3) is 0 Å². The van der Waals surface area contributed by atoms with Gasteiger partial charge in [-0.05, 0) is 47.0 Å². The minimum Gasteiger partial charge on any atom is -0.206 e. The molecule has 11 heteroatoms. The van der Waals surface area contributed by atoms with Gasteiger partial charge in [-0.25, -0.2) is 4.39 Å². The Morgan fingerprint density at radius 2 is 1.04 bits per heavy atom. The second kappa shape index (κ2) is 10.9. The Balaban J connectivity index is 1.92. The Bertz CT molecular complexity index is 2270. The lowest BCUT2D eigenvalue weighted by molar-refractivity contribution is -0.137. The topological polar surface area (TPSA) is 167 Å². The average Bonchev–Trinajstić information content (AvgIpc) is 3.55. The third kappa shape index (κ3) is 4.38. The molecule has 2 aliphatic carbocycles. The van der Waals surface area contributed by atoms with Crippen LogP contribution in [0.2, 0.25) is 0 Å². The summed E-state index contributed by atoms with van der Waals surface area (Å²) in [7, 11) is 0. The van der Waals surface area contributed by atoms with Gasteiger partial charge in [-0.1, -0.05) is 24.3 Å². The zero-order chi connectivity index (χ0) is 32.6. The highest BCUT2D eigenvalue weighted by Crippen LogP contribution is 2.55. The van der Waals surface area contributed by atoms with E-state index in [4.69, 9.17) is 0 Å². The normalized spacial score (nSPS) is 12.9. The summed E-state index contributed by atoms with van der Waals surface area (Å²) >= 11 is 0. The van der Waals surface area contributed by atoms with Crippen LogP contribution in [0.1, 0.15) is 44.5 Å². The Morgan fingerprint density at radius 1 is 0.556 bits per heavy atom. The van der Waals surface area contributed by atoms with E-state index in [9.17, 15) is 50.0 Å². The molecule has 0 saturated heterocycles. The molecule has 0 N–H and O–H groups in total. The van der Waals surface area contributed by atoms with E-state index in [0.717, 1.165) is 24.3 Å². The van der Waals surface area contributed by atoms with Crippen molar-refractivity contribution in [2.45, 2.75) is 6.18 Å². The van der Waals surface area contributed by atoms with Crippen LogP contribution in [0, 0.1) is 85.1 Å². The molecule has 0 unspecified atom stereocenters. The lowest BCUT2D eigenvalue weighted by atomic mass is 9.89. The van der Waals surface area contributed by atoms with Gasteiger partial charge >= 0.3 is 6.18 Å². The quantitative estimate of drug-likeness (QED) is 0.224. The Labute approximate surface area is 252 Å². The van der Waals surface area contributed by atoms with Crippen molar-refractivity contribution >= 4 is 33.4 Å². The number of fused-ring (bicyclic) bond motifs is 2. The molecule has 0 aromatic heterocycles. The number of nitriles is 7. The fourth-order valence-electron chi connectivity index (χ4n) is 5.43. The molecule has 0 bridgehead atoms. The molecule has 2 aliphatic rings. The molecule has 0 atom stereocenters. The second-order valence-electron chi connectivity index (χ2n) is 9.47. The SMILES string of the molecule is N#CC(C#N)=C1C(c2ccc(C(F)(F)F)cc2)=C(C#N)c2c1cc1c(c2F)C(=C(C#N)C#N)C(c2ccc(C#N)cc2)=C1C#N. The first-order valence-corrected chi connectivity index (χ1v) is 12.5. The fourth-order valence-corrected chi connectivity index (χ4v) is 5.43. The van der Waals surface area contributed by atoms with Gasteiger partial charge in [0.05, 0.1) is 28.3 Å². The van der Waals surface area contributed by atoms with Gasteiger partial charge in [0.1, 0.15) is 53.4 Å². The van der Waals surface area contributed by atoms with Crippen molar-refractivity contribution in [2.75, 3.05) is 0 Å². The molecule has 0 amide bonds. The molecule has 0 saturated carbocycles. The minimum absolute atomic E-state index is 0.00873. The monoisotopic (exact) mass is 591 g/mol. The van der Waals surface area contributed by atoms with Crippen LogP contribution in [0.25, 0.3) is 33.4 Å². The number of alkyl halides is 3. The van der Waals surface area contributed by atoms with E-state index in [2.05, 4.69) is 0 Å². The van der Waals surface area contributed by atoms with E-state index in [1.165, 1.54) is 30.3 Å². The smallest absolute Gasteiger partial charge is 0.206 e. The summed E-state index contributed by atoms with van der Waals surface area (Å²) in [5.74, 6) is -1.15. The fraction of sp³-hybridized carbons (Fsp3) is 0.0294. The van der Waals surface area contributed by atoms with Crippen molar-refractivity contribution in [1.29, 1.82) is 36.8 Å². The Kier molecular flexibility index (Phi) is 7.07. The molecule has 0 fully saturated rings. The second-order valence-corrected chi connectivity index (χ2v) is 9.47. The summed E-state index contributed by atoms with van der Waals surface area (Å²) in [4.78, 5) is 0. The molecule has 45 heavy (non-hydrogen) atoms. The molecule has 0 aliphatic heterocycles. The van der Waals surface area contributed by atoms with Crippen LogP contribution in [0.5, 0.6) is 0 Å². The summed E-state index contributed by atoms with van der Waals surface area (Å²) in [5, 5.41) is 69.0. The van der Waals surface area contributed by atoms with Crippen LogP contribution in [0.3, 0.4) is 0 Å². The van der Waals surface area contributed by atoms with Crippen molar-refractivity contribution in [3.8, 4) is 42.5 Å². The summed E-state index contributed by atoms with van der Waals surface area (Å²) in [6.07, 6.45) is -4.69. The highest BCUT2D eigenvalue weighted by molar-refractivity contribution is 6.30. The summed E-state index contributed by atoms with van der Waals surface area (Å²) in [5.41, 5.74) is -3.91. The van der Waals surface area contributed by atoms with Crippen molar-refractivity contribution in [2.24, 2.45) is 0 Å². The molecular weight excluding hydrogens is 582 g/mol. The molecule has 3 aromatic rings. The first kappa shape index (κ1) is 29.3. The van der Waals surface area contributed by atoms with Gasteiger partial charge in [0.2, 0.25) is 0 Å². The number of hydrogen-bond donors (Lipinski definition) is 0. The van der Waals surface area contributed by atoms with Crippen molar-refractivity contribution in [1.82, 2.24) is 0 Å². The first-order valence-electron chi connectivity index (χ1n) is 12.5. The molecule has 0 radical (unpaired) electrons. The van der Waals surface area contributed by atoms with Gasteiger partial charge in [-0.15, -0.1) is 0 Å². The molecule has 7 nitrogen and oxygen atoms in total. The van der Waals surface area contributed by atoms with Gasteiger partial charge < -0.3 is 0 Å². The predicted octanol–water partition coefficient (Wildman–Crippen LogP) is 7.21. The van der Waals surface area contributed by atoms with Crippen LogP contribution >= 0.6 is 0 Å². The standard InChI is InChI=1S/C34H9F4N7/c35-33-31-24(29(20(11-40)12-41)28(26(31)16-45)19-5-7-22(8-6-19)34(36,37)38)9-23-25(15-44)27(18-3-1-17(10-39)2-4-18)30(32(23)33)21(13-42)14-43/h1-9H. The average molecular weight is 591 g/mol. The summed E-state index contributed by atoms with van der Waals surface area (Å²) < 4.78 is 56.7. The summed E-state index contributed by atoms with van der Waals surface area (Å²) in [6.45, 7) is 0. The van der Waals surface area contributed by atoms with Gasteiger partial charge in [-0.2, -0.15) is 50.0 Å². The maximum atomic E-state index is 16.9. The largest absolute Gasteiger partial charge is 0.416 e. The number of allylic oxidation sites excluding steroid dienone is 8. The van der Waals surface area contributed by atoms with Crippen LogP contribution in [0.15, 0.2) is 65.7 Å². The van der Waals surface area contributed by atoms with Crippen LogP contribution < -0.4 is 0 Å². The maximum Gasteiger partial charge on any atom is 0.416 e. The Hall–Kier alpha value is -7.23. The van der Waals surface area contributed by atoms with Gasteiger partial charge in [0, 0.05) is 39.0 Å². The third-order valence-corrected chi connectivity index (χ3v) is 7.28. The van der Waals surface area contributed by atoms with Crippen LogP contribution in [-0.4, -0.2) is 0 Å². The van der Waals surface area contributed by atoms with E-state index in [0.29, 0.717) is 0 Å². The number of rotatable bonds is 2. The Morgan fingerprint density at radius 3 is 1.51 bits per heavy atom. The van der Waals surface area contributed by atoms with Crippen molar-refractivity contribution in [3.05, 3.63) is 116 Å². The molecule has 3 aromatic carbocycles. The highest BCUT2D eigenvalue weighted by atomic mass is 19.4. The van der Waals surface area contributed by atoms with Crippen molar-refractivity contribution < 1.29 is 17.6 Å². The zero-order valence-electron chi connectivity index (χ0n) is 22.3. The summed E-state index contributed by atoms with van der Waals surface area (Å²) in [6, 6.07) is 23.1. The van der Waals surface area contributed by atoms with E-state index < -0.39 is 39.8 Å². The minimum atomic E-state index is -4.69. The van der Waals surface area contributed by atoms with E-state index in [1.54, 1.807) is 24.3 Å². The number of hydrogen-bond acceptors (Lipinski definition) is 7. The maximum absolute atomic E-state index is 16.9. The van der Waals surface area contributed by atoms with Crippen molar-refractivity contribution in [3.63, 3.8) is 0 Å².